The number of rotatable bonds is 2. The van der Waals surface area contributed by atoms with Crippen LogP contribution in [0, 0.1) is 0 Å². The van der Waals surface area contributed by atoms with Gasteiger partial charge in [-0.15, -0.1) is 6.26 Å². The first-order valence-corrected chi connectivity index (χ1v) is 2.69. The molecule has 0 fully saturated rings. The first-order valence-electron chi connectivity index (χ1n) is 2.69. The van der Waals surface area contributed by atoms with Crippen LogP contribution in [-0.4, -0.2) is 5.78 Å². The van der Waals surface area contributed by atoms with Crippen LogP contribution < -0.4 is 34.7 Å². The zero-order chi connectivity index (χ0) is 7.40. The maximum atomic E-state index is 10.8. The van der Waals surface area contributed by atoms with Gasteiger partial charge in [-0.05, 0) is 12.1 Å². The molecule has 3 nitrogen and oxygen atoms in total. The molecule has 0 bridgehead atoms. The van der Waals surface area contributed by atoms with Crippen molar-refractivity contribution in [2.75, 3.05) is 0 Å². The van der Waals surface area contributed by atoms with Crippen LogP contribution in [0.25, 0.3) is 0 Å². The van der Waals surface area contributed by atoms with Crippen molar-refractivity contribution in [3.05, 3.63) is 36.5 Å². The van der Waals surface area contributed by atoms with Crippen LogP contribution >= 0.6 is 0 Å². The van der Waals surface area contributed by atoms with E-state index < -0.39 is 0 Å². The molecule has 0 aromatic carbocycles. The van der Waals surface area contributed by atoms with Gasteiger partial charge in [0.15, 0.2) is 5.78 Å². The minimum absolute atomic E-state index is 0. The van der Waals surface area contributed by atoms with Gasteiger partial charge in [0.1, 0.15) is 6.26 Å². The average molecular weight is 160 g/mol. The molecule has 11 heavy (non-hydrogen) atoms. The summed E-state index contributed by atoms with van der Waals surface area (Å²) in [4.78, 5) is 10.8. The fraction of sp³-hybridized carbons (Fsp3) is 0. The Morgan fingerprint density at radius 2 is 2.36 bits per heavy atom. The quantitative estimate of drug-likeness (QED) is 0.205. The molecule has 0 saturated heterocycles. The van der Waals surface area contributed by atoms with Crippen LogP contribution in [0.1, 0.15) is 10.4 Å². The molecule has 0 radical (unpaired) electrons. The smallest absolute Gasteiger partial charge is 0.878 e. The van der Waals surface area contributed by atoms with Gasteiger partial charge in [-0.3, -0.25) is 4.79 Å². The summed E-state index contributed by atoms with van der Waals surface area (Å²) in [6.45, 7) is 0. The van der Waals surface area contributed by atoms with E-state index in [1.807, 2.05) is 0 Å². The van der Waals surface area contributed by atoms with E-state index >= 15 is 0 Å². The minimum Gasteiger partial charge on any atom is -0.878 e. The standard InChI is InChI=1S/C7H6O3.Na/c8-3-1-7(9)6-2-4-10-5-6;/h1-5,8H;/q;+1/p-1/b3-1+;. The van der Waals surface area contributed by atoms with Gasteiger partial charge < -0.3 is 9.52 Å². The molecule has 1 aromatic rings. The van der Waals surface area contributed by atoms with Crippen LogP contribution in [-0.2, 0) is 0 Å². The summed E-state index contributed by atoms with van der Waals surface area (Å²) >= 11 is 0. The van der Waals surface area contributed by atoms with Crippen molar-refractivity contribution in [3.8, 4) is 0 Å². The van der Waals surface area contributed by atoms with E-state index in [2.05, 4.69) is 4.42 Å². The van der Waals surface area contributed by atoms with Crippen LogP contribution in [0.5, 0.6) is 0 Å². The second-order valence-corrected chi connectivity index (χ2v) is 1.68. The third-order valence-electron chi connectivity index (χ3n) is 1.03. The van der Waals surface area contributed by atoms with E-state index in [9.17, 15) is 9.90 Å². The molecule has 0 aliphatic heterocycles. The SMILES string of the molecule is O=C(/C=C/[O-])c1ccoc1.[Na+]. The Morgan fingerprint density at radius 3 is 2.82 bits per heavy atom. The molecule has 1 aromatic heterocycles. The normalized spacial score (nSPS) is 9.45. The summed E-state index contributed by atoms with van der Waals surface area (Å²) in [5.74, 6) is -0.330. The van der Waals surface area contributed by atoms with Gasteiger partial charge in [-0.1, -0.05) is 0 Å². The van der Waals surface area contributed by atoms with E-state index in [-0.39, 0.29) is 35.3 Å². The van der Waals surface area contributed by atoms with E-state index in [0.29, 0.717) is 11.8 Å². The molecular weight excluding hydrogens is 155 g/mol. The molecule has 0 amide bonds. The Balaban J connectivity index is 0.000001000. The van der Waals surface area contributed by atoms with E-state index in [4.69, 9.17) is 0 Å². The van der Waals surface area contributed by atoms with Crippen molar-refractivity contribution in [2.24, 2.45) is 0 Å². The molecular formula is C7H5NaO3. The fourth-order valence-corrected chi connectivity index (χ4v) is 0.563. The molecule has 0 aliphatic carbocycles. The number of hydrogen-bond donors (Lipinski definition) is 0. The van der Waals surface area contributed by atoms with E-state index in [1.165, 1.54) is 18.6 Å². The molecule has 0 unspecified atom stereocenters. The van der Waals surface area contributed by atoms with Gasteiger partial charge >= 0.3 is 29.6 Å². The third kappa shape index (κ3) is 2.93. The van der Waals surface area contributed by atoms with E-state index in [1.54, 1.807) is 0 Å². The minimum atomic E-state index is -0.330. The van der Waals surface area contributed by atoms with Crippen LogP contribution in [0.15, 0.2) is 35.3 Å². The van der Waals surface area contributed by atoms with E-state index in [0.717, 1.165) is 6.08 Å². The van der Waals surface area contributed by atoms with Gasteiger partial charge in [-0.2, -0.15) is 0 Å². The third-order valence-corrected chi connectivity index (χ3v) is 1.03. The van der Waals surface area contributed by atoms with Gasteiger partial charge in [0, 0.05) is 0 Å². The predicted molar refractivity (Wildman–Crippen MR) is 32.2 cm³/mol. The second-order valence-electron chi connectivity index (χ2n) is 1.68. The van der Waals surface area contributed by atoms with Crippen molar-refractivity contribution in [2.45, 2.75) is 0 Å². The molecule has 0 aliphatic rings. The maximum Gasteiger partial charge on any atom is 1.00 e. The number of hydrogen-bond acceptors (Lipinski definition) is 3. The first kappa shape index (κ1) is 10.5. The van der Waals surface area contributed by atoms with Crippen molar-refractivity contribution in [1.82, 2.24) is 0 Å². The maximum absolute atomic E-state index is 10.8. The molecule has 0 spiro atoms. The largest absolute Gasteiger partial charge is 1.00 e. The number of ketones is 1. The topological polar surface area (TPSA) is 53.3 Å². The Morgan fingerprint density at radius 1 is 1.64 bits per heavy atom. The molecule has 52 valence electrons. The van der Waals surface area contributed by atoms with Crippen molar-refractivity contribution in [1.29, 1.82) is 0 Å². The molecule has 1 rings (SSSR count). The van der Waals surface area contributed by atoms with Crippen LogP contribution in [0.2, 0.25) is 0 Å². The first-order chi connectivity index (χ1) is 4.84. The molecule has 0 saturated carbocycles. The Hall–Kier alpha value is -0.510. The summed E-state index contributed by atoms with van der Waals surface area (Å²) in [5.41, 5.74) is 0.395. The van der Waals surface area contributed by atoms with Gasteiger partial charge in [0.2, 0.25) is 0 Å². The Labute approximate surface area is 86.0 Å². The molecule has 4 heteroatoms. The Kier molecular flexibility index (Phi) is 4.94. The zero-order valence-corrected chi connectivity index (χ0v) is 8.11. The fourth-order valence-electron chi connectivity index (χ4n) is 0.563. The van der Waals surface area contributed by atoms with Crippen molar-refractivity contribution >= 4 is 5.78 Å². The number of carbonyl (C=O) groups excluding carboxylic acids is 1. The molecule has 1 heterocycles. The average Bonchev–Trinajstić information content (AvgIpc) is 2.38. The number of carbonyl (C=O) groups is 1. The summed E-state index contributed by atoms with van der Waals surface area (Å²) in [5, 5.41) is 9.80. The monoisotopic (exact) mass is 160 g/mol. The van der Waals surface area contributed by atoms with Gasteiger partial charge in [0.25, 0.3) is 0 Å². The molecule has 0 atom stereocenters. The molecule has 0 N–H and O–H groups in total. The number of allylic oxidation sites excluding steroid dienone is 1. The second kappa shape index (κ2) is 5.18. The Bertz CT molecular complexity index is 238. The van der Waals surface area contributed by atoms with Gasteiger partial charge in [0.05, 0.1) is 11.8 Å². The van der Waals surface area contributed by atoms with Crippen LogP contribution in [0.4, 0.5) is 0 Å². The zero-order valence-electron chi connectivity index (χ0n) is 6.11. The summed E-state index contributed by atoms with van der Waals surface area (Å²) in [7, 11) is 0. The number of furan rings is 1. The van der Waals surface area contributed by atoms with Gasteiger partial charge in [-0.25, -0.2) is 0 Å². The van der Waals surface area contributed by atoms with Crippen molar-refractivity contribution in [3.63, 3.8) is 0 Å². The van der Waals surface area contributed by atoms with Crippen molar-refractivity contribution < 1.29 is 43.9 Å². The summed E-state index contributed by atoms with van der Waals surface area (Å²) in [6, 6.07) is 1.50. The predicted octanol–water partition coefficient (Wildman–Crippen LogP) is -2.66. The van der Waals surface area contributed by atoms with Crippen LogP contribution in [0.3, 0.4) is 0 Å². The summed E-state index contributed by atoms with van der Waals surface area (Å²) < 4.78 is 4.63. The summed E-state index contributed by atoms with van der Waals surface area (Å²) in [6.07, 6.45) is 4.08.